The van der Waals surface area contributed by atoms with Gasteiger partial charge in [0, 0.05) is 23.5 Å². The van der Waals surface area contributed by atoms with Gasteiger partial charge in [-0.05, 0) is 51.7 Å². The van der Waals surface area contributed by atoms with E-state index >= 15 is 0 Å². The molecule has 0 aliphatic heterocycles. The number of ether oxygens (including phenoxy) is 2. The second-order valence-electron chi connectivity index (χ2n) is 11.0. The standard InChI is InChI=1S/C25H50O6Si2/c1-11-13-19-32(7,8)24(4,5)31-33(9,10)25(6,12-2)15-14-16-29-17-18-30-22(26)20-21(3)23(27)28/h20H,11-19H2,1-10H3,(H,27,28)/b21-20-. The molecule has 0 radical (unpaired) electrons. The van der Waals surface area contributed by atoms with Crippen LogP contribution >= 0.6 is 0 Å². The van der Waals surface area contributed by atoms with Gasteiger partial charge in [0.2, 0.25) is 0 Å². The van der Waals surface area contributed by atoms with Crippen LogP contribution < -0.4 is 0 Å². The van der Waals surface area contributed by atoms with Gasteiger partial charge in [-0.1, -0.05) is 59.2 Å². The van der Waals surface area contributed by atoms with E-state index < -0.39 is 28.3 Å². The number of esters is 1. The van der Waals surface area contributed by atoms with E-state index in [9.17, 15) is 9.59 Å². The van der Waals surface area contributed by atoms with Crippen LogP contribution in [0.3, 0.4) is 0 Å². The average Bonchev–Trinajstić information content (AvgIpc) is 2.70. The molecule has 0 saturated heterocycles. The third kappa shape index (κ3) is 10.4. The normalized spacial score (nSPS) is 15.3. The Morgan fingerprint density at radius 2 is 1.58 bits per heavy atom. The fourth-order valence-electron chi connectivity index (χ4n) is 3.87. The molecule has 0 heterocycles. The molecule has 1 atom stereocenters. The number of carboxylic acids is 1. The first-order valence-electron chi connectivity index (χ1n) is 12.4. The van der Waals surface area contributed by atoms with E-state index in [2.05, 4.69) is 60.8 Å². The smallest absolute Gasteiger partial charge is 0.331 e. The van der Waals surface area contributed by atoms with Gasteiger partial charge in [0.1, 0.15) is 6.61 Å². The minimum atomic E-state index is -2.00. The van der Waals surface area contributed by atoms with E-state index in [0.29, 0.717) is 13.2 Å². The summed E-state index contributed by atoms with van der Waals surface area (Å²) < 4.78 is 17.7. The fourth-order valence-corrected chi connectivity index (χ4v) is 10.7. The number of aliphatic carboxylic acids is 1. The first kappa shape index (κ1) is 32.0. The summed E-state index contributed by atoms with van der Waals surface area (Å²) in [5, 5.41) is 8.87. The molecule has 1 N–H and O–H groups in total. The van der Waals surface area contributed by atoms with Gasteiger partial charge < -0.3 is 19.0 Å². The van der Waals surface area contributed by atoms with Gasteiger partial charge in [0.25, 0.3) is 0 Å². The van der Waals surface area contributed by atoms with Gasteiger partial charge >= 0.3 is 11.9 Å². The van der Waals surface area contributed by atoms with Crippen molar-refractivity contribution in [3.8, 4) is 0 Å². The fraction of sp³-hybridized carbons (Fsp3) is 0.840. The van der Waals surface area contributed by atoms with Gasteiger partial charge in [0.05, 0.1) is 14.7 Å². The largest absolute Gasteiger partial charge is 0.478 e. The van der Waals surface area contributed by atoms with Crippen molar-refractivity contribution in [3.63, 3.8) is 0 Å². The summed E-state index contributed by atoms with van der Waals surface area (Å²) in [5.74, 6) is -1.79. The van der Waals surface area contributed by atoms with Gasteiger partial charge in [-0.2, -0.15) is 0 Å². The molecule has 0 fully saturated rings. The number of hydrogen-bond acceptors (Lipinski definition) is 5. The number of hydrogen-bond donors (Lipinski definition) is 1. The number of carbonyl (C=O) groups is 2. The van der Waals surface area contributed by atoms with Crippen molar-refractivity contribution in [1.29, 1.82) is 0 Å². The lowest BCUT2D eigenvalue weighted by molar-refractivity contribution is -0.140. The Morgan fingerprint density at radius 1 is 0.970 bits per heavy atom. The highest BCUT2D eigenvalue weighted by Gasteiger charge is 2.50. The number of carbonyl (C=O) groups excluding carboxylic acids is 1. The van der Waals surface area contributed by atoms with Crippen LogP contribution in [0.5, 0.6) is 0 Å². The zero-order chi connectivity index (χ0) is 25.9. The lowest BCUT2D eigenvalue weighted by Crippen LogP contribution is -2.59. The van der Waals surface area contributed by atoms with Crippen molar-refractivity contribution in [2.24, 2.45) is 0 Å². The Morgan fingerprint density at radius 3 is 2.09 bits per heavy atom. The first-order chi connectivity index (χ1) is 15.0. The van der Waals surface area contributed by atoms with Crippen molar-refractivity contribution < 1.29 is 28.6 Å². The molecule has 0 aromatic carbocycles. The first-order valence-corrected chi connectivity index (χ1v) is 18.5. The van der Waals surface area contributed by atoms with Crippen LogP contribution in [0.1, 0.15) is 73.6 Å². The van der Waals surface area contributed by atoms with E-state index in [1.807, 2.05) is 0 Å². The van der Waals surface area contributed by atoms with E-state index in [4.69, 9.17) is 19.0 Å². The Balaban J connectivity index is 4.68. The summed E-state index contributed by atoms with van der Waals surface area (Å²) >= 11 is 0. The molecule has 0 aromatic rings. The molecular weight excluding hydrogens is 452 g/mol. The molecule has 0 aliphatic carbocycles. The molecule has 33 heavy (non-hydrogen) atoms. The monoisotopic (exact) mass is 502 g/mol. The molecule has 1 unspecified atom stereocenters. The highest BCUT2D eigenvalue weighted by molar-refractivity contribution is 6.82. The van der Waals surface area contributed by atoms with Crippen LogP contribution in [-0.4, -0.2) is 58.5 Å². The maximum absolute atomic E-state index is 11.5. The Hall–Kier alpha value is -0.966. The number of carboxylic acid groups (broad SMARTS) is 1. The average molecular weight is 503 g/mol. The van der Waals surface area contributed by atoms with E-state index in [0.717, 1.165) is 25.3 Å². The number of rotatable bonds is 17. The van der Waals surface area contributed by atoms with Crippen LogP contribution in [0.4, 0.5) is 0 Å². The summed E-state index contributed by atoms with van der Waals surface area (Å²) in [5.41, 5.74) is -0.0478. The Kier molecular flexibility index (Phi) is 13.4. The molecule has 8 heteroatoms. The second-order valence-corrected chi connectivity index (χ2v) is 20.9. The van der Waals surface area contributed by atoms with Crippen molar-refractivity contribution in [2.75, 3.05) is 19.8 Å². The topological polar surface area (TPSA) is 82.1 Å². The van der Waals surface area contributed by atoms with Crippen LogP contribution in [0.15, 0.2) is 11.6 Å². The van der Waals surface area contributed by atoms with Gasteiger partial charge in [-0.25, -0.2) is 9.59 Å². The molecule has 0 amide bonds. The maximum Gasteiger partial charge on any atom is 0.331 e. The minimum absolute atomic E-state index is 0.0478. The van der Waals surface area contributed by atoms with Crippen molar-refractivity contribution in [1.82, 2.24) is 0 Å². The Bertz CT molecular complexity index is 657. The molecule has 6 nitrogen and oxygen atoms in total. The summed E-state index contributed by atoms with van der Waals surface area (Å²) in [7, 11) is -3.52. The third-order valence-corrected chi connectivity index (χ3v) is 17.4. The highest BCUT2D eigenvalue weighted by Crippen LogP contribution is 2.48. The van der Waals surface area contributed by atoms with E-state index in [1.54, 1.807) is 0 Å². The zero-order valence-corrected chi connectivity index (χ0v) is 24.9. The van der Waals surface area contributed by atoms with Gasteiger partial charge in [0.15, 0.2) is 8.32 Å². The molecule has 0 spiro atoms. The van der Waals surface area contributed by atoms with Crippen molar-refractivity contribution in [3.05, 3.63) is 11.6 Å². The molecule has 0 bridgehead atoms. The van der Waals surface area contributed by atoms with Crippen LogP contribution in [0.2, 0.25) is 37.3 Å². The highest BCUT2D eigenvalue weighted by atomic mass is 28.4. The molecule has 0 saturated carbocycles. The van der Waals surface area contributed by atoms with Crippen molar-refractivity contribution >= 4 is 28.3 Å². The number of unbranched alkanes of at least 4 members (excludes halogenated alkanes) is 1. The predicted octanol–water partition coefficient (Wildman–Crippen LogP) is 6.58. The summed E-state index contributed by atoms with van der Waals surface area (Å²) in [6.45, 7) is 23.6. The molecular formula is C25H50O6Si2. The zero-order valence-electron chi connectivity index (χ0n) is 22.9. The quantitative estimate of drug-likeness (QED) is 0.105. The summed E-state index contributed by atoms with van der Waals surface area (Å²) in [6, 6.07) is 1.30. The maximum atomic E-state index is 11.5. The van der Waals surface area contributed by atoms with Crippen LogP contribution in [-0.2, 0) is 23.5 Å². The van der Waals surface area contributed by atoms with E-state index in [1.165, 1.54) is 25.8 Å². The predicted molar refractivity (Wildman–Crippen MR) is 141 cm³/mol. The molecule has 0 aliphatic rings. The second kappa shape index (κ2) is 13.8. The minimum Gasteiger partial charge on any atom is -0.478 e. The lowest BCUT2D eigenvalue weighted by Gasteiger charge is -2.51. The molecule has 0 rings (SSSR count). The lowest BCUT2D eigenvalue weighted by atomic mass is 10.0. The third-order valence-electron chi connectivity index (χ3n) is 7.69. The van der Waals surface area contributed by atoms with Crippen molar-refractivity contribution in [2.45, 2.75) is 116 Å². The van der Waals surface area contributed by atoms with Crippen LogP contribution in [0, 0.1) is 0 Å². The molecule has 194 valence electrons. The van der Waals surface area contributed by atoms with Gasteiger partial charge in [-0.3, -0.25) is 0 Å². The summed E-state index contributed by atoms with van der Waals surface area (Å²) in [6.07, 6.45) is 6.53. The van der Waals surface area contributed by atoms with Gasteiger partial charge in [-0.15, -0.1) is 0 Å². The summed E-state index contributed by atoms with van der Waals surface area (Å²) in [4.78, 5) is 22.3. The Labute approximate surface area is 204 Å². The van der Waals surface area contributed by atoms with E-state index in [-0.39, 0.29) is 22.4 Å². The van der Waals surface area contributed by atoms with Crippen LogP contribution in [0.25, 0.3) is 0 Å². The molecule has 0 aromatic heterocycles. The SMILES string of the molecule is CCCC[Si](C)(C)C(C)(C)O[Si](C)(C)C(C)(CC)CCCOCCOC(=O)/C=C(/C)C(=O)O.